The summed E-state index contributed by atoms with van der Waals surface area (Å²) in [7, 11) is 0. The lowest BCUT2D eigenvalue weighted by atomic mass is 9.94. The van der Waals surface area contributed by atoms with E-state index in [2.05, 4.69) is 27.7 Å². The van der Waals surface area contributed by atoms with Crippen LogP contribution in [-0.4, -0.2) is 39.3 Å². The standard InChI is InChI=1S/C13H27NO3/c1-12(2,8-14)9-17-11-13(3,4)10-16-7-5-6-15/h6H,5,7-11,14H2,1-4H3. The third-order valence-electron chi connectivity index (χ3n) is 2.41. The molecule has 0 aliphatic carbocycles. The fourth-order valence-electron chi connectivity index (χ4n) is 1.18. The first-order valence-corrected chi connectivity index (χ1v) is 6.12. The molecule has 0 fully saturated rings. The number of rotatable bonds is 10. The second-order valence-electron chi connectivity index (χ2n) is 6.03. The van der Waals surface area contributed by atoms with E-state index < -0.39 is 0 Å². The smallest absolute Gasteiger partial charge is 0.122 e. The third kappa shape index (κ3) is 9.27. The van der Waals surface area contributed by atoms with E-state index in [1.54, 1.807) is 0 Å². The summed E-state index contributed by atoms with van der Waals surface area (Å²) >= 11 is 0. The molecule has 0 atom stereocenters. The zero-order chi connectivity index (χ0) is 13.4. The van der Waals surface area contributed by atoms with E-state index in [1.165, 1.54) is 0 Å². The van der Waals surface area contributed by atoms with Gasteiger partial charge in [0.05, 0.1) is 26.4 Å². The van der Waals surface area contributed by atoms with Crippen molar-refractivity contribution < 1.29 is 14.3 Å². The monoisotopic (exact) mass is 245 g/mol. The number of ether oxygens (including phenoxy) is 2. The van der Waals surface area contributed by atoms with Crippen molar-refractivity contribution >= 4 is 6.29 Å². The molecular formula is C13H27NO3. The summed E-state index contributed by atoms with van der Waals surface area (Å²) in [6.45, 7) is 11.3. The second kappa shape index (κ2) is 7.80. The van der Waals surface area contributed by atoms with Gasteiger partial charge in [-0.1, -0.05) is 27.7 Å². The molecule has 4 heteroatoms. The topological polar surface area (TPSA) is 61.6 Å². The highest BCUT2D eigenvalue weighted by Crippen LogP contribution is 2.19. The van der Waals surface area contributed by atoms with Crippen LogP contribution in [0.15, 0.2) is 0 Å². The molecule has 0 saturated carbocycles. The Bertz CT molecular complexity index is 215. The molecule has 0 unspecified atom stereocenters. The number of aldehydes is 1. The predicted octanol–water partition coefficient (Wildman–Crippen LogP) is 1.62. The summed E-state index contributed by atoms with van der Waals surface area (Å²) in [5, 5.41) is 0. The summed E-state index contributed by atoms with van der Waals surface area (Å²) in [5.74, 6) is 0. The van der Waals surface area contributed by atoms with Crippen LogP contribution in [0.3, 0.4) is 0 Å². The Morgan fingerprint density at radius 1 is 1.00 bits per heavy atom. The van der Waals surface area contributed by atoms with Gasteiger partial charge in [-0.3, -0.25) is 0 Å². The molecule has 102 valence electrons. The van der Waals surface area contributed by atoms with Gasteiger partial charge in [-0.25, -0.2) is 0 Å². The van der Waals surface area contributed by atoms with E-state index >= 15 is 0 Å². The molecule has 0 bridgehead atoms. The van der Waals surface area contributed by atoms with Gasteiger partial charge in [-0.05, 0) is 6.54 Å². The van der Waals surface area contributed by atoms with Gasteiger partial charge in [0.25, 0.3) is 0 Å². The first-order chi connectivity index (χ1) is 7.83. The maximum Gasteiger partial charge on any atom is 0.122 e. The third-order valence-corrected chi connectivity index (χ3v) is 2.41. The van der Waals surface area contributed by atoms with Gasteiger partial charge in [0.2, 0.25) is 0 Å². The number of carbonyl (C=O) groups is 1. The van der Waals surface area contributed by atoms with E-state index in [1.807, 2.05) is 0 Å². The largest absolute Gasteiger partial charge is 0.380 e. The maximum absolute atomic E-state index is 10.1. The Morgan fingerprint density at radius 2 is 1.53 bits per heavy atom. The van der Waals surface area contributed by atoms with Crippen LogP contribution in [0.25, 0.3) is 0 Å². The molecule has 0 aromatic heterocycles. The lowest BCUT2D eigenvalue weighted by Crippen LogP contribution is -2.32. The molecule has 0 aliphatic rings. The number of nitrogens with two attached hydrogens (primary N) is 1. The maximum atomic E-state index is 10.1. The van der Waals surface area contributed by atoms with E-state index in [9.17, 15) is 4.79 Å². The Balaban J connectivity index is 3.73. The van der Waals surface area contributed by atoms with Crippen LogP contribution in [0.1, 0.15) is 34.1 Å². The van der Waals surface area contributed by atoms with Gasteiger partial charge in [-0.15, -0.1) is 0 Å². The van der Waals surface area contributed by atoms with Gasteiger partial charge in [0.1, 0.15) is 6.29 Å². The molecule has 0 radical (unpaired) electrons. The molecule has 0 aliphatic heterocycles. The number of hydrogen-bond acceptors (Lipinski definition) is 4. The highest BCUT2D eigenvalue weighted by Gasteiger charge is 2.21. The Labute approximate surface area is 105 Å². The van der Waals surface area contributed by atoms with Gasteiger partial charge < -0.3 is 20.0 Å². The molecule has 0 spiro atoms. The van der Waals surface area contributed by atoms with E-state index in [-0.39, 0.29) is 10.8 Å². The minimum Gasteiger partial charge on any atom is -0.380 e. The Hall–Kier alpha value is -0.450. The van der Waals surface area contributed by atoms with Gasteiger partial charge in [0, 0.05) is 17.3 Å². The van der Waals surface area contributed by atoms with Crippen LogP contribution in [0, 0.1) is 10.8 Å². The molecule has 0 aromatic carbocycles. The van der Waals surface area contributed by atoms with Gasteiger partial charge in [0.15, 0.2) is 0 Å². The summed E-state index contributed by atoms with van der Waals surface area (Å²) < 4.78 is 11.1. The molecular weight excluding hydrogens is 218 g/mol. The summed E-state index contributed by atoms with van der Waals surface area (Å²) in [6, 6.07) is 0. The van der Waals surface area contributed by atoms with Crippen LogP contribution in [0.2, 0.25) is 0 Å². The van der Waals surface area contributed by atoms with Crippen LogP contribution in [0.5, 0.6) is 0 Å². The molecule has 0 rings (SSSR count). The fourth-order valence-corrected chi connectivity index (χ4v) is 1.18. The highest BCUT2D eigenvalue weighted by molar-refractivity contribution is 5.49. The molecule has 0 amide bonds. The van der Waals surface area contributed by atoms with Crippen LogP contribution in [-0.2, 0) is 14.3 Å². The lowest BCUT2D eigenvalue weighted by molar-refractivity contribution is -0.109. The van der Waals surface area contributed by atoms with Crippen molar-refractivity contribution in [1.29, 1.82) is 0 Å². The SMILES string of the molecule is CC(C)(CN)COCC(C)(C)COCCC=O. The number of hydrogen-bond donors (Lipinski definition) is 1. The van der Waals surface area contributed by atoms with Crippen LogP contribution < -0.4 is 5.73 Å². The van der Waals surface area contributed by atoms with Crippen molar-refractivity contribution in [1.82, 2.24) is 0 Å². The average molecular weight is 245 g/mol. The van der Waals surface area contributed by atoms with Crippen molar-refractivity contribution in [3.05, 3.63) is 0 Å². The molecule has 17 heavy (non-hydrogen) atoms. The molecule has 0 heterocycles. The minimum absolute atomic E-state index is 0.0223. The second-order valence-corrected chi connectivity index (χ2v) is 6.03. The van der Waals surface area contributed by atoms with Crippen molar-refractivity contribution in [3.8, 4) is 0 Å². The Kier molecular flexibility index (Phi) is 7.59. The quantitative estimate of drug-likeness (QED) is 0.469. The molecule has 0 saturated heterocycles. The first-order valence-electron chi connectivity index (χ1n) is 6.12. The minimum atomic E-state index is -0.0342. The van der Waals surface area contributed by atoms with Crippen molar-refractivity contribution in [2.24, 2.45) is 16.6 Å². The fraction of sp³-hybridized carbons (Fsp3) is 0.923. The average Bonchev–Trinajstić information content (AvgIpc) is 2.24. The summed E-state index contributed by atoms with van der Waals surface area (Å²) in [5.41, 5.74) is 5.62. The highest BCUT2D eigenvalue weighted by atomic mass is 16.5. The predicted molar refractivity (Wildman–Crippen MR) is 68.9 cm³/mol. The van der Waals surface area contributed by atoms with E-state index in [4.69, 9.17) is 15.2 Å². The molecule has 4 nitrogen and oxygen atoms in total. The zero-order valence-electron chi connectivity index (χ0n) is 11.6. The van der Waals surface area contributed by atoms with Crippen molar-refractivity contribution in [2.75, 3.05) is 33.0 Å². The summed E-state index contributed by atoms with van der Waals surface area (Å²) in [6.07, 6.45) is 1.32. The normalized spacial score (nSPS) is 12.8. The summed E-state index contributed by atoms with van der Waals surface area (Å²) in [4.78, 5) is 10.1. The Morgan fingerprint density at radius 3 is 2.06 bits per heavy atom. The van der Waals surface area contributed by atoms with Crippen molar-refractivity contribution in [3.63, 3.8) is 0 Å². The lowest BCUT2D eigenvalue weighted by Gasteiger charge is -2.28. The first kappa shape index (κ1) is 16.6. The van der Waals surface area contributed by atoms with Crippen LogP contribution >= 0.6 is 0 Å². The van der Waals surface area contributed by atoms with E-state index in [0.717, 1.165) is 6.29 Å². The zero-order valence-corrected chi connectivity index (χ0v) is 11.6. The van der Waals surface area contributed by atoms with Gasteiger partial charge in [-0.2, -0.15) is 0 Å². The molecule has 0 aromatic rings. The van der Waals surface area contributed by atoms with Crippen LogP contribution in [0.4, 0.5) is 0 Å². The van der Waals surface area contributed by atoms with E-state index in [0.29, 0.717) is 39.4 Å². The molecule has 2 N–H and O–H groups in total. The van der Waals surface area contributed by atoms with Gasteiger partial charge >= 0.3 is 0 Å². The van der Waals surface area contributed by atoms with Crippen molar-refractivity contribution in [2.45, 2.75) is 34.1 Å². The number of carbonyl (C=O) groups excluding carboxylic acids is 1.